The molecule has 0 atom stereocenters. The van der Waals surface area contributed by atoms with Crippen molar-refractivity contribution in [3.63, 3.8) is 0 Å². The minimum Gasteiger partial charge on any atom is -0.492 e. The van der Waals surface area contributed by atoms with E-state index < -0.39 is 11.2 Å². The van der Waals surface area contributed by atoms with Crippen molar-refractivity contribution < 1.29 is 9.53 Å². The van der Waals surface area contributed by atoms with Crippen molar-refractivity contribution in [2.45, 2.75) is 19.4 Å². The van der Waals surface area contributed by atoms with Crippen molar-refractivity contribution in [3.8, 4) is 5.75 Å². The third-order valence-corrected chi connectivity index (χ3v) is 3.33. The van der Waals surface area contributed by atoms with Crippen molar-refractivity contribution in [1.29, 1.82) is 0 Å². The highest BCUT2D eigenvalue weighted by atomic mass is 35.5. The van der Waals surface area contributed by atoms with Crippen LogP contribution in [-0.2, 0) is 11.3 Å². The molecule has 8 heteroatoms. The summed E-state index contributed by atoms with van der Waals surface area (Å²) in [5.74, 6) is 0.368. The molecule has 0 saturated heterocycles. The van der Waals surface area contributed by atoms with Crippen molar-refractivity contribution in [2.24, 2.45) is 0 Å². The quantitative estimate of drug-likeness (QED) is 0.660. The highest BCUT2D eigenvalue weighted by molar-refractivity contribution is 6.32. The van der Waals surface area contributed by atoms with Crippen LogP contribution < -0.4 is 21.3 Å². The molecule has 7 nitrogen and oxygen atoms in total. The van der Waals surface area contributed by atoms with Gasteiger partial charge in [-0.3, -0.25) is 14.6 Å². The average Bonchev–Trinajstić information content (AvgIpc) is 2.52. The molecule has 0 radical (unpaired) electrons. The third-order valence-electron chi connectivity index (χ3n) is 3.01. The molecule has 0 aliphatic rings. The Hall–Kier alpha value is -2.54. The second-order valence-electron chi connectivity index (χ2n) is 4.76. The summed E-state index contributed by atoms with van der Waals surface area (Å²) in [7, 11) is 0. The number of benzene rings is 1. The first-order valence-corrected chi connectivity index (χ1v) is 7.39. The SMILES string of the molecule is O=C(CCCOc1ccccc1Cl)NCc1c[nH]c(=O)[nH]c1=O. The number of halogens is 1. The number of rotatable bonds is 7. The molecule has 1 aromatic heterocycles. The first kappa shape index (κ1) is 16.8. The van der Waals surface area contributed by atoms with Gasteiger partial charge in [-0.15, -0.1) is 0 Å². The van der Waals surface area contributed by atoms with E-state index in [1.807, 2.05) is 6.07 Å². The summed E-state index contributed by atoms with van der Waals surface area (Å²) in [6.45, 7) is 0.409. The van der Waals surface area contributed by atoms with Gasteiger partial charge in [-0.2, -0.15) is 0 Å². The first-order chi connectivity index (χ1) is 11.1. The molecule has 0 aliphatic heterocycles. The van der Waals surface area contributed by atoms with Crippen LogP contribution in [0.4, 0.5) is 0 Å². The van der Waals surface area contributed by atoms with E-state index in [1.165, 1.54) is 6.20 Å². The zero-order chi connectivity index (χ0) is 16.7. The van der Waals surface area contributed by atoms with Crippen molar-refractivity contribution in [2.75, 3.05) is 6.61 Å². The summed E-state index contributed by atoms with van der Waals surface area (Å²) in [5, 5.41) is 3.13. The van der Waals surface area contributed by atoms with Gasteiger partial charge in [-0.25, -0.2) is 4.79 Å². The van der Waals surface area contributed by atoms with E-state index in [1.54, 1.807) is 18.2 Å². The van der Waals surface area contributed by atoms with Crippen LogP contribution in [0.15, 0.2) is 40.1 Å². The maximum Gasteiger partial charge on any atom is 0.325 e. The Morgan fingerprint density at radius 3 is 2.78 bits per heavy atom. The monoisotopic (exact) mass is 337 g/mol. The number of hydrogen-bond acceptors (Lipinski definition) is 4. The number of hydrogen-bond donors (Lipinski definition) is 3. The number of aromatic amines is 2. The van der Waals surface area contributed by atoms with Crippen molar-refractivity contribution >= 4 is 17.5 Å². The molecule has 0 saturated carbocycles. The Morgan fingerprint density at radius 2 is 2.04 bits per heavy atom. The summed E-state index contributed by atoms with van der Waals surface area (Å²) < 4.78 is 5.48. The molecule has 2 rings (SSSR count). The third kappa shape index (κ3) is 5.30. The van der Waals surface area contributed by atoms with Crippen LogP contribution >= 0.6 is 11.6 Å². The predicted octanol–water partition coefficient (Wildman–Crippen LogP) is 1.19. The fourth-order valence-electron chi connectivity index (χ4n) is 1.83. The molecule has 3 N–H and O–H groups in total. The van der Waals surface area contributed by atoms with Crippen LogP contribution in [0.2, 0.25) is 5.02 Å². The van der Waals surface area contributed by atoms with Gasteiger partial charge in [0.1, 0.15) is 5.75 Å². The maximum absolute atomic E-state index is 11.7. The summed E-state index contributed by atoms with van der Waals surface area (Å²) >= 11 is 5.95. The molecular weight excluding hydrogens is 322 g/mol. The second-order valence-corrected chi connectivity index (χ2v) is 5.16. The summed E-state index contributed by atoms with van der Waals surface area (Å²) in [4.78, 5) is 38.4. The molecule has 122 valence electrons. The number of carbonyl (C=O) groups is 1. The minimum atomic E-state index is -0.582. The number of nitrogens with one attached hydrogen (secondary N) is 3. The fraction of sp³-hybridized carbons (Fsp3) is 0.267. The van der Waals surface area contributed by atoms with Gasteiger partial charge in [0.15, 0.2) is 0 Å². The number of amides is 1. The topological polar surface area (TPSA) is 104 Å². The molecule has 1 aromatic carbocycles. The molecule has 0 unspecified atom stereocenters. The number of carbonyl (C=O) groups excluding carboxylic acids is 1. The second kappa shape index (κ2) is 8.19. The van der Waals surface area contributed by atoms with Crippen LogP contribution in [0.25, 0.3) is 0 Å². The van der Waals surface area contributed by atoms with Crippen LogP contribution in [-0.4, -0.2) is 22.5 Å². The van der Waals surface area contributed by atoms with Gasteiger partial charge in [-0.05, 0) is 18.6 Å². The fourth-order valence-corrected chi connectivity index (χ4v) is 2.02. The number of aromatic nitrogens is 2. The van der Waals surface area contributed by atoms with Crippen LogP contribution in [0.5, 0.6) is 5.75 Å². The lowest BCUT2D eigenvalue weighted by Gasteiger charge is -2.08. The molecule has 1 amide bonds. The van der Waals surface area contributed by atoms with E-state index in [0.717, 1.165) is 0 Å². The largest absolute Gasteiger partial charge is 0.492 e. The summed E-state index contributed by atoms with van der Waals surface area (Å²) in [5.41, 5.74) is -0.817. The number of para-hydroxylation sites is 1. The molecular formula is C15H16ClN3O4. The maximum atomic E-state index is 11.7. The van der Waals surface area contributed by atoms with E-state index >= 15 is 0 Å². The van der Waals surface area contributed by atoms with E-state index in [9.17, 15) is 14.4 Å². The number of H-pyrrole nitrogens is 2. The van der Waals surface area contributed by atoms with Gasteiger partial charge < -0.3 is 15.0 Å². The lowest BCUT2D eigenvalue weighted by atomic mass is 10.3. The Morgan fingerprint density at radius 1 is 1.26 bits per heavy atom. The van der Waals surface area contributed by atoms with Crippen molar-refractivity contribution in [3.05, 3.63) is 61.9 Å². The zero-order valence-corrected chi connectivity index (χ0v) is 13.0. The summed E-state index contributed by atoms with van der Waals surface area (Å²) in [6.07, 6.45) is 2.05. The lowest BCUT2D eigenvalue weighted by molar-refractivity contribution is -0.121. The smallest absolute Gasteiger partial charge is 0.325 e. The first-order valence-electron chi connectivity index (χ1n) is 7.01. The number of ether oxygens (including phenoxy) is 1. The molecule has 0 spiro atoms. The molecule has 0 fully saturated rings. The van der Waals surface area contributed by atoms with Gasteiger partial charge in [0.2, 0.25) is 5.91 Å². The minimum absolute atomic E-state index is 0.0519. The summed E-state index contributed by atoms with van der Waals surface area (Å²) in [6, 6.07) is 7.10. The zero-order valence-electron chi connectivity index (χ0n) is 12.2. The Kier molecular flexibility index (Phi) is 5.99. The van der Waals surface area contributed by atoms with Crippen molar-refractivity contribution in [1.82, 2.24) is 15.3 Å². The van der Waals surface area contributed by atoms with E-state index in [4.69, 9.17) is 16.3 Å². The van der Waals surface area contributed by atoms with Crippen LogP contribution in [0.1, 0.15) is 18.4 Å². The molecule has 1 heterocycles. The molecule has 0 bridgehead atoms. The normalized spacial score (nSPS) is 10.3. The Balaban J connectivity index is 1.70. The Labute approximate surface area is 136 Å². The molecule has 0 aliphatic carbocycles. The van der Waals surface area contributed by atoms with Gasteiger partial charge in [0.05, 0.1) is 17.2 Å². The highest BCUT2D eigenvalue weighted by Gasteiger charge is 2.05. The molecule has 2 aromatic rings. The van der Waals surface area contributed by atoms with Gasteiger partial charge in [-0.1, -0.05) is 23.7 Å². The van der Waals surface area contributed by atoms with Gasteiger partial charge >= 0.3 is 5.69 Å². The van der Waals surface area contributed by atoms with E-state index in [-0.39, 0.29) is 24.4 Å². The van der Waals surface area contributed by atoms with E-state index in [2.05, 4.69) is 15.3 Å². The molecule has 23 heavy (non-hydrogen) atoms. The van der Waals surface area contributed by atoms with Gasteiger partial charge in [0, 0.05) is 19.2 Å². The standard InChI is InChI=1S/C15H16ClN3O4/c16-11-4-1-2-5-12(11)23-7-3-6-13(20)17-8-10-9-18-15(22)19-14(10)21/h1-2,4-5,9H,3,6-8H2,(H,17,20)(H2,18,19,21,22). The van der Waals surface area contributed by atoms with Crippen LogP contribution in [0, 0.1) is 0 Å². The van der Waals surface area contributed by atoms with Crippen LogP contribution in [0.3, 0.4) is 0 Å². The predicted molar refractivity (Wildman–Crippen MR) is 85.7 cm³/mol. The highest BCUT2D eigenvalue weighted by Crippen LogP contribution is 2.23. The average molecular weight is 338 g/mol. The van der Waals surface area contributed by atoms with Gasteiger partial charge in [0.25, 0.3) is 5.56 Å². The Bertz CT molecular complexity index is 785. The van der Waals surface area contributed by atoms with E-state index in [0.29, 0.717) is 23.8 Å². The lowest BCUT2D eigenvalue weighted by Crippen LogP contribution is -2.30.